The zero-order chi connectivity index (χ0) is 29.4. The zero-order valence-electron chi connectivity index (χ0n) is 23.6. The molecule has 3 aromatic carbocycles. The Bertz CT molecular complexity index is 1410. The molecule has 1 fully saturated rings. The molecule has 0 spiro atoms. The molecule has 4 rings (SSSR count). The minimum atomic E-state index is -4.09. The van der Waals surface area contributed by atoms with Gasteiger partial charge in [-0.25, -0.2) is 8.42 Å². The van der Waals surface area contributed by atoms with Gasteiger partial charge in [-0.15, -0.1) is 0 Å². The van der Waals surface area contributed by atoms with E-state index in [1.54, 1.807) is 48.5 Å². The molecule has 0 aromatic heterocycles. The average molecular weight is 641 g/mol. The lowest BCUT2D eigenvalue weighted by molar-refractivity contribution is -0.140. The first-order valence-electron chi connectivity index (χ1n) is 14.2. The topological polar surface area (TPSA) is 86.8 Å². The molecule has 1 aliphatic rings. The van der Waals surface area contributed by atoms with Gasteiger partial charge in [0.15, 0.2) is 0 Å². The van der Waals surface area contributed by atoms with Crippen LogP contribution in [0, 0.1) is 6.92 Å². The maximum Gasteiger partial charge on any atom is 0.264 e. The number of aryl methyl sites for hydroxylation is 1. The number of halogens is 1. The van der Waals surface area contributed by atoms with Crippen molar-refractivity contribution in [2.45, 2.75) is 75.9 Å². The van der Waals surface area contributed by atoms with Crippen LogP contribution in [0.15, 0.2) is 88.2 Å². The lowest BCUT2D eigenvalue weighted by Gasteiger charge is -2.34. The summed E-state index contributed by atoms with van der Waals surface area (Å²) < 4.78 is 29.8. The highest BCUT2D eigenvalue weighted by molar-refractivity contribution is 9.10. The van der Waals surface area contributed by atoms with Crippen molar-refractivity contribution in [3.05, 3.63) is 94.5 Å². The van der Waals surface area contributed by atoms with E-state index in [2.05, 4.69) is 21.2 Å². The summed E-state index contributed by atoms with van der Waals surface area (Å²) in [5, 5.41) is 3.17. The van der Waals surface area contributed by atoms with Crippen LogP contribution < -0.4 is 9.62 Å². The van der Waals surface area contributed by atoms with Crippen molar-refractivity contribution in [3.8, 4) is 0 Å². The van der Waals surface area contributed by atoms with Gasteiger partial charge in [-0.2, -0.15) is 0 Å². The third-order valence-corrected chi connectivity index (χ3v) is 9.85. The number of rotatable bonds is 11. The lowest BCUT2D eigenvalue weighted by atomic mass is 9.95. The van der Waals surface area contributed by atoms with E-state index in [0.717, 1.165) is 45.6 Å². The molecule has 7 nitrogen and oxygen atoms in total. The molecule has 9 heteroatoms. The number of carbonyl (C=O) groups is 2. The van der Waals surface area contributed by atoms with Gasteiger partial charge in [-0.05, 0) is 68.1 Å². The third-order valence-electron chi connectivity index (χ3n) is 7.54. The summed E-state index contributed by atoms with van der Waals surface area (Å²) in [6.07, 6.45) is 5.59. The summed E-state index contributed by atoms with van der Waals surface area (Å²) in [6.45, 7) is 3.51. The Morgan fingerprint density at radius 3 is 2.17 bits per heavy atom. The molecule has 0 saturated heterocycles. The van der Waals surface area contributed by atoms with E-state index in [9.17, 15) is 18.0 Å². The minimum absolute atomic E-state index is 0.0931. The predicted molar refractivity (Wildman–Crippen MR) is 166 cm³/mol. The van der Waals surface area contributed by atoms with Crippen LogP contribution in [-0.2, 0) is 26.2 Å². The van der Waals surface area contributed by atoms with Crippen LogP contribution in [0.3, 0.4) is 0 Å². The van der Waals surface area contributed by atoms with Gasteiger partial charge in [0, 0.05) is 17.1 Å². The molecule has 0 aliphatic heterocycles. The van der Waals surface area contributed by atoms with Crippen molar-refractivity contribution in [1.29, 1.82) is 0 Å². The van der Waals surface area contributed by atoms with Crippen LogP contribution in [0.1, 0.15) is 56.6 Å². The average Bonchev–Trinajstić information content (AvgIpc) is 2.97. The molecule has 0 unspecified atom stereocenters. The molecule has 0 bridgehead atoms. The first-order chi connectivity index (χ1) is 19.7. The summed E-state index contributed by atoms with van der Waals surface area (Å²) in [5.41, 5.74) is 2.15. The van der Waals surface area contributed by atoms with E-state index < -0.39 is 28.5 Å². The molecule has 1 atom stereocenters. The Balaban J connectivity index is 1.68. The molecular weight excluding hydrogens is 602 g/mol. The molecule has 2 amide bonds. The van der Waals surface area contributed by atoms with Gasteiger partial charge < -0.3 is 10.2 Å². The molecule has 1 saturated carbocycles. The first kappa shape index (κ1) is 30.8. The van der Waals surface area contributed by atoms with Crippen molar-refractivity contribution in [2.24, 2.45) is 0 Å². The molecule has 1 aliphatic carbocycles. The minimum Gasteiger partial charge on any atom is -0.352 e. The highest BCUT2D eigenvalue weighted by Gasteiger charge is 2.34. The standard InChI is InChI=1S/C32H38BrN3O4S/c1-3-30(32(38)34-27-12-8-5-9-13-27)35(22-25-10-6-4-7-11-25)31(37)23-36(28-18-16-26(33)17-19-28)41(39,40)29-20-14-24(2)15-21-29/h4,6-7,10-11,14-21,27,30H,3,5,8-9,12-13,22-23H2,1-2H3,(H,34,38)/t30-/m1/s1. The van der Waals surface area contributed by atoms with Gasteiger partial charge in [0.2, 0.25) is 11.8 Å². The number of carbonyl (C=O) groups excluding carboxylic acids is 2. The zero-order valence-corrected chi connectivity index (χ0v) is 26.0. The Morgan fingerprint density at radius 1 is 0.927 bits per heavy atom. The maximum absolute atomic E-state index is 14.2. The number of nitrogens with zero attached hydrogens (tertiary/aromatic N) is 2. The summed E-state index contributed by atoms with van der Waals surface area (Å²) >= 11 is 3.41. The Kier molecular flexibility index (Phi) is 10.6. The van der Waals surface area contributed by atoms with Gasteiger partial charge in [0.25, 0.3) is 10.0 Å². The Labute approximate surface area is 252 Å². The normalized spacial score (nSPS) is 14.7. The molecule has 41 heavy (non-hydrogen) atoms. The van der Waals surface area contributed by atoms with Gasteiger partial charge in [0.1, 0.15) is 12.6 Å². The molecule has 218 valence electrons. The van der Waals surface area contributed by atoms with Crippen molar-refractivity contribution in [2.75, 3.05) is 10.8 Å². The van der Waals surface area contributed by atoms with Crippen LogP contribution >= 0.6 is 15.9 Å². The maximum atomic E-state index is 14.2. The fourth-order valence-electron chi connectivity index (χ4n) is 5.22. The van der Waals surface area contributed by atoms with Crippen LogP contribution in [0.4, 0.5) is 5.69 Å². The molecule has 3 aromatic rings. The number of hydrogen-bond donors (Lipinski definition) is 1. The van der Waals surface area contributed by atoms with Gasteiger partial charge in [-0.1, -0.05) is 90.1 Å². The van der Waals surface area contributed by atoms with E-state index in [0.29, 0.717) is 12.1 Å². The van der Waals surface area contributed by atoms with Crippen molar-refractivity contribution < 1.29 is 18.0 Å². The van der Waals surface area contributed by atoms with Crippen LogP contribution in [0.5, 0.6) is 0 Å². The fourth-order valence-corrected chi connectivity index (χ4v) is 6.90. The van der Waals surface area contributed by atoms with Gasteiger partial charge >= 0.3 is 0 Å². The van der Waals surface area contributed by atoms with E-state index in [1.807, 2.05) is 44.2 Å². The first-order valence-corrected chi connectivity index (χ1v) is 16.4. The van der Waals surface area contributed by atoms with Crippen molar-refractivity contribution in [1.82, 2.24) is 10.2 Å². The SMILES string of the molecule is CC[C@H](C(=O)NC1CCCCC1)N(Cc1ccccc1)C(=O)CN(c1ccc(Br)cc1)S(=O)(=O)c1ccc(C)cc1. The predicted octanol–water partition coefficient (Wildman–Crippen LogP) is 6.21. The number of hydrogen-bond acceptors (Lipinski definition) is 4. The second-order valence-electron chi connectivity index (χ2n) is 10.6. The van der Waals surface area contributed by atoms with E-state index in [4.69, 9.17) is 0 Å². The number of nitrogens with one attached hydrogen (secondary N) is 1. The van der Waals surface area contributed by atoms with Gasteiger partial charge in [-0.3, -0.25) is 13.9 Å². The van der Waals surface area contributed by atoms with Crippen LogP contribution in [0.2, 0.25) is 0 Å². The highest BCUT2D eigenvalue weighted by Crippen LogP contribution is 2.27. The van der Waals surface area contributed by atoms with E-state index >= 15 is 0 Å². The number of anilines is 1. The molecule has 0 radical (unpaired) electrons. The molecule has 1 N–H and O–H groups in total. The second kappa shape index (κ2) is 14.1. The number of sulfonamides is 1. The van der Waals surface area contributed by atoms with E-state index in [1.165, 1.54) is 11.3 Å². The molecule has 0 heterocycles. The smallest absolute Gasteiger partial charge is 0.264 e. The van der Waals surface area contributed by atoms with Crippen LogP contribution in [-0.4, -0.2) is 43.8 Å². The number of amides is 2. The summed E-state index contributed by atoms with van der Waals surface area (Å²) in [5.74, 6) is -0.640. The van der Waals surface area contributed by atoms with Crippen molar-refractivity contribution in [3.63, 3.8) is 0 Å². The Hall–Kier alpha value is -3.17. The highest BCUT2D eigenvalue weighted by atomic mass is 79.9. The number of benzene rings is 3. The van der Waals surface area contributed by atoms with Crippen LogP contribution in [0.25, 0.3) is 0 Å². The third kappa shape index (κ3) is 7.98. The van der Waals surface area contributed by atoms with E-state index in [-0.39, 0.29) is 23.4 Å². The summed E-state index contributed by atoms with van der Waals surface area (Å²) in [4.78, 5) is 29.4. The largest absolute Gasteiger partial charge is 0.352 e. The van der Waals surface area contributed by atoms with Gasteiger partial charge in [0.05, 0.1) is 10.6 Å². The monoisotopic (exact) mass is 639 g/mol. The second-order valence-corrected chi connectivity index (χ2v) is 13.4. The quantitative estimate of drug-likeness (QED) is 0.270. The fraction of sp³-hybridized carbons (Fsp3) is 0.375. The summed E-state index contributed by atoms with van der Waals surface area (Å²) in [7, 11) is -4.09. The Morgan fingerprint density at radius 2 is 1.56 bits per heavy atom. The lowest BCUT2D eigenvalue weighted by Crippen LogP contribution is -2.54. The summed E-state index contributed by atoms with van der Waals surface area (Å²) in [6, 6.07) is 22.2. The van der Waals surface area contributed by atoms with Crippen molar-refractivity contribution >= 4 is 43.5 Å². The molecular formula is C32H38BrN3O4S.